The second-order valence-corrected chi connectivity index (χ2v) is 6.37. The van der Waals surface area contributed by atoms with E-state index in [-0.39, 0.29) is 24.8 Å². The molecular formula is C14H23F3N2O. The fourth-order valence-electron chi connectivity index (χ4n) is 3.38. The molecule has 116 valence electrons. The molecule has 1 amide bonds. The van der Waals surface area contributed by atoms with E-state index in [0.29, 0.717) is 19.5 Å². The average Bonchev–Trinajstić information content (AvgIpc) is 2.87. The summed E-state index contributed by atoms with van der Waals surface area (Å²) < 4.78 is 38.6. The van der Waals surface area contributed by atoms with E-state index in [1.54, 1.807) is 0 Å². The molecule has 0 aromatic carbocycles. The Bertz CT molecular complexity index is 362. The molecule has 2 saturated heterocycles. The van der Waals surface area contributed by atoms with E-state index < -0.39 is 17.5 Å². The van der Waals surface area contributed by atoms with Gasteiger partial charge < -0.3 is 10.2 Å². The van der Waals surface area contributed by atoms with Gasteiger partial charge in [0.05, 0.1) is 11.3 Å². The molecule has 0 aliphatic carbocycles. The lowest BCUT2D eigenvalue weighted by Crippen LogP contribution is -2.53. The SMILES string of the molecule is CC(C)C1(C(=O)N2CCCC(C(F)(F)F)C2)CCNC1. The van der Waals surface area contributed by atoms with E-state index in [9.17, 15) is 18.0 Å². The van der Waals surface area contributed by atoms with E-state index >= 15 is 0 Å². The van der Waals surface area contributed by atoms with Crippen molar-refractivity contribution < 1.29 is 18.0 Å². The number of carbonyl (C=O) groups is 1. The van der Waals surface area contributed by atoms with Crippen molar-refractivity contribution in [1.29, 1.82) is 0 Å². The van der Waals surface area contributed by atoms with Gasteiger partial charge in [0.1, 0.15) is 0 Å². The molecule has 2 fully saturated rings. The smallest absolute Gasteiger partial charge is 0.342 e. The van der Waals surface area contributed by atoms with Crippen LogP contribution in [0.25, 0.3) is 0 Å². The Hall–Kier alpha value is -0.780. The topological polar surface area (TPSA) is 32.3 Å². The maximum absolute atomic E-state index is 12.9. The summed E-state index contributed by atoms with van der Waals surface area (Å²) >= 11 is 0. The molecule has 3 nitrogen and oxygen atoms in total. The van der Waals surface area contributed by atoms with Crippen LogP contribution in [0.4, 0.5) is 13.2 Å². The van der Waals surface area contributed by atoms with Gasteiger partial charge in [-0.25, -0.2) is 0 Å². The normalized spacial score (nSPS) is 31.9. The van der Waals surface area contributed by atoms with Crippen LogP contribution in [-0.4, -0.2) is 43.2 Å². The number of likely N-dealkylation sites (tertiary alicyclic amines) is 1. The number of piperidine rings is 1. The molecule has 2 aliphatic heterocycles. The molecule has 0 spiro atoms. The van der Waals surface area contributed by atoms with Gasteiger partial charge in [-0.1, -0.05) is 13.8 Å². The van der Waals surface area contributed by atoms with Crippen LogP contribution in [0.3, 0.4) is 0 Å². The van der Waals surface area contributed by atoms with Crippen LogP contribution in [0.1, 0.15) is 33.1 Å². The van der Waals surface area contributed by atoms with Gasteiger partial charge in [0.2, 0.25) is 5.91 Å². The molecule has 0 saturated carbocycles. The Morgan fingerprint density at radius 1 is 1.40 bits per heavy atom. The summed E-state index contributed by atoms with van der Waals surface area (Å²) in [5.41, 5.74) is -0.520. The lowest BCUT2D eigenvalue weighted by Gasteiger charge is -2.41. The lowest BCUT2D eigenvalue weighted by atomic mass is 9.74. The summed E-state index contributed by atoms with van der Waals surface area (Å²) in [4.78, 5) is 14.2. The second kappa shape index (κ2) is 5.54. The number of halogens is 3. The average molecular weight is 292 g/mol. The minimum absolute atomic E-state index is 0.0912. The fourth-order valence-corrected chi connectivity index (χ4v) is 3.38. The number of amides is 1. The third-order valence-electron chi connectivity index (χ3n) is 4.89. The monoisotopic (exact) mass is 292 g/mol. The van der Waals surface area contributed by atoms with Crippen LogP contribution in [-0.2, 0) is 4.79 Å². The highest BCUT2D eigenvalue weighted by atomic mass is 19.4. The molecule has 2 unspecified atom stereocenters. The van der Waals surface area contributed by atoms with Crippen molar-refractivity contribution in [2.75, 3.05) is 26.2 Å². The predicted molar refractivity (Wildman–Crippen MR) is 70.1 cm³/mol. The number of nitrogens with zero attached hydrogens (tertiary/aromatic N) is 1. The zero-order valence-corrected chi connectivity index (χ0v) is 12.1. The molecular weight excluding hydrogens is 269 g/mol. The van der Waals surface area contributed by atoms with Crippen LogP contribution in [0, 0.1) is 17.3 Å². The summed E-state index contributed by atoms with van der Waals surface area (Å²) in [5, 5.41) is 3.19. The molecule has 2 aliphatic rings. The molecule has 1 N–H and O–H groups in total. The number of hydrogen-bond donors (Lipinski definition) is 1. The number of hydrogen-bond acceptors (Lipinski definition) is 2. The number of rotatable bonds is 2. The molecule has 2 atom stereocenters. The zero-order valence-electron chi connectivity index (χ0n) is 12.1. The molecule has 0 aromatic heterocycles. The van der Waals surface area contributed by atoms with Crippen molar-refractivity contribution >= 4 is 5.91 Å². The zero-order chi connectivity index (χ0) is 15.0. The molecule has 0 bridgehead atoms. The molecule has 20 heavy (non-hydrogen) atoms. The van der Waals surface area contributed by atoms with Gasteiger partial charge in [0, 0.05) is 19.6 Å². The van der Waals surface area contributed by atoms with E-state index in [0.717, 1.165) is 13.0 Å². The van der Waals surface area contributed by atoms with Crippen LogP contribution in [0.5, 0.6) is 0 Å². The Kier molecular flexibility index (Phi) is 4.33. The van der Waals surface area contributed by atoms with Gasteiger partial charge in [-0.15, -0.1) is 0 Å². The van der Waals surface area contributed by atoms with Gasteiger partial charge in [-0.3, -0.25) is 4.79 Å². The number of carbonyl (C=O) groups excluding carboxylic acids is 1. The van der Waals surface area contributed by atoms with Crippen LogP contribution in [0.15, 0.2) is 0 Å². The standard InChI is InChI=1S/C14H23F3N2O/c1-10(2)13(5-6-18-9-13)12(20)19-7-3-4-11(8-19)14(15,16)17/h10-11,18H,3-9H2,1-2H3. The second-order valence-electron chi connectivity index (χ2n) is 6.37. The quantitative estimate of drug-likeness (QED) is 0.848. The van der Waals surface area contributed by atoms with Crippen LogP contribution >= 0.6 is 0 Å². The van der Waals surface area contributed by atoms with Crippen molar-refractivity contribution in [2.45, 2.75) is 39.3 Å². The highest BCUT2D eigenvalue weighted by molar-refractivity contribution is 5.84. The van der Waals surface area contributed by atoms with Crippen molar-refractivity contribution in [2.24, 2.45) is 17.3 Å². The summed E-state index contributed by atoms with van der Waals surface area (Å²) in [6.45, 7) is 5.60. The molecule has 0 aromatic rings. The van der Waals surface area contributed by atoms with Crippen LogP contribution < -0.4 is 5.32 Å². The van der Waals surface area contributed by atoms with Crippen molar-refractivity contribution in [3.63, 3.8) is 0 Å². The third-order valence-corrected chi connectivity index (χ3v) is 4.89. The highest BCUT2D eigenvalue weighted by Gasteiger charge is 2.49. The molecule has 6 heteroatoms. The minimum atomic E-state index is -4.20. The van der Waals surface area contributed by atoms with Crippen molar-refractivity contribution in [3.8, 4) is 0 Å². The molecule has 2 heterocycles. The van der Waals surface area contributed by atoms with E-state index in [4.69, 9.17) is 0 Å². The Labute approximate surface area is 117 Å². The van der Waals surface area contributed by atoms with Gasteiger partial charge in [0.25, 0.3) is 0 Å². The summed E-state index contributed by atoms with van der Waals surface area (Å²) in [6, 6.07) is 0. The minimum Gasteiger partial charge on any atom is -0.342 e. The Balaban J connectivity index is 2.12. The Morgan fingerprint density at radius 3 is 2.60 bits per heavy atom. The number of alkyl halides is 3. The largest absolute Gasteiger partial charge is 0.393 e. The fraction of sp³-hybridized carbons (Fsp3) is 0.929. The first kappa shape index (κ1) is 15.6. The van der Waals surface area contributed by atoms with E-state index in [2.05, 4.69) is 5.32 Å². The van der Waals surface area contributed by atoms with Gasteiger partial charge in [-0.2, -0.15) is 13.2 Å². The highest BCUT2D eigenvalue weighted by Crippen LogP contribution is 2.39. The van der Waals surface area contributed by atoms with Crippen LogP contribution in [0.2, 0.25) is 0 Å². The summed E-state index contributed by atoms with van der Waals surface area (Å²) in [7, 11) is 0. The summed E-state index contributed by atoms with van der Waals surface area (Å²) in [5.74, 6) is -1.32. The van der Waals surface area contributed by atoms with Gasteiger partial charge in [0.15, 0.2) is 0 Å². The van der Waals surface area contributed by atoms with Crippen molar-refractivity contribution in [1.82, 2.24) is 10.2 Å². The lowest BCUT2D eigenvalue weighted by molar-refractivity contribution is -0.190. The molecule has 2 rings (SSSR count). The first-order chi connectivity index (χ1) is 9.27. The molecule has 0 radical (unpaired) electrons. The van der Waals surface area contributed by atoms with E-state index in [1.165, 1.54) is 4.90 Å². The van der Waals surface area contributed by atoms with Gasteiger partial charge in [-0.05, 0) is 31.7 Å². The van der Waals surface area contributed by atoms with Crippen molar-refractivity contribution in [3.05, 3.63) is 0 Å². The maximum atomic E-state index is 12.9. The first-order valence-electron chi connectivity index (χ1n) is 7.34. The predicted octanol–water partition coefficient (Wildman–Crippen LogP) is 2.42. The maximum Gasteiger partial charge on any atom is 0.393 e. The summed E-state index contributed by atoms with van der Waals surface area (Å²) in [6.07, 6.45) is -2.90. The van der Waals surface area contributed by atoms with Gasteiger partial charge >= 0.3 is 6.18 Å². The Morgan fingerprint density at radius 2 is 2.10 bits per heavy atom. The van der Waals surface area contributed by atoms with E-state index in [1.807, 2.05) is 13.8 Å². The third kappa shape index (κ3) is 2.80. The number of nitrogens with one attached hydrogen (secondary N) is 1. The first-order valence-corrected chi connectivity index (χ1v) is 7.34.